The number of hydrogen-bond donors (Lipinski definition) is 0. The van der Waals surface area contributed by atoms with Gasteiger partial charge in [-0.25, -0.2) is 0 Å². The molecule has 0 bridgehead atoms. The van der Waals surface area contributed by atoms with Crippen molar-refractivity contribution in [2.45, 2.75) is 46.2 Å². The van der Waals surface area contributed by atoms with Gasteiger partial charge in [-0.2, -0.15) is 0 Å². The normalized spacial score (nSPS) is 11.8. The summed E-state index contributed by atoms with van der Waals surface area (Å²) in [4.78, 5) is 4.65. The van der Waals surface area contributed by atoms with Crippen molar-refractivity contribution in [1.29, 1.82) is 0 Å². The monoisotopic (exact) mass is 234 g/mol. The Morgan fingerprint density at radius 3 is 1.82 bits per heavy atom. The van der Waals surface area contributed by atoms with E-state index in [9.17, 15) is 0 Å². The van der Waals surface area contributed by atoms with Gasteiger partial charge in [0.1, 0.15) is 0 Å². The highest BCUT2D eigenvalue weighted by Gasteiger charge is 2.21. The molecule has 0 N–H and O–H groups in total. The molecule has 96 valence electrons. The molecule has 2 heteroatoms. The van der Waals surface area contributed by atoms with E-state index >= 15 is 0 Å². The molecule has 0 radical (unpaired) electrons. The van der Waals surface area contributed by atoms with E-state index in [4.69, 9.17) is 0 Å². The number of hydrogen-bond acceptors (Lipinski definition) is 2. The summed E-state index contributed by atoms with van der Waals surface area (Å²) in [5.74, 6) is 0. The molecule has 17 heavy (non-hydrogen) atoms. The molecule has 0 saturated carbocycles. The van der Waals surface area contributed by atoms with E-state index in [0.29, 0.717) is 6.04 Å². The van der Waals surface area contributed by atoms with Gasteiger partial charge in [0.2, 0.25) is 0 Å². The van der Waals surface area contributed by atoms with E-state index in [1.165, 1.54) is 11.4 Å². The largest absolute Gasteiger partial charge is 0.370 e. The molecular weight excluding hydrogens is 208 g/mol. The molecule has 0 atom stereocenters. The van der Waals surface area contributed by atoms with Gasteiger partial charge < -0.3 is 9.80 Å². The molecule has 0 aromatic heterocycles. The SMILES string of the molecule is CC(C)N(C)c1ccccc1N(C)C(C)(C)C. The predicted octanol–water partition coefficient (Wildman–Crippen LogP) is 3.77. The quantitative estimate of drug-likeness (QED) is 0.785. The van der Waals surface area contributed by atoms with Crippen molar-refractivity contribution in [3.8, 4) is 0 Å². The maximum absolute atomic E-state index is 2.33. The van der Waals surface area contributed by atoms with E-state index in [2.05, 4.69) is 82.8 Å². The second-order valence-electron chi connectivity index (χ2n) is 5.92. The van der Waals surface area contributed by atoms with Crippen LogP contribution in [0.2, 0.25) is 0 Å². The minimum Gasteiger partial charge on any atom is -0.370 e. The fraction of sp³-hybridized carbons (Fsp3) is 0.600. The predicted molar refractivity (Wildman–Crippen MR) is 78.1 cm³/mol. The molecule has 0 heterocycles. The van der Waals surface area contributed by atoms with Gasteiger partial charge in [0.25, 0.3) is 0 Å². The van der Waals surface area contributed by atoms with Crippen LogP contribution in [0.25, 0.3) is 0 Å². The lowest BCUT2D eigenvalue weighted by atomic mass is 10.0. The summed E-state index contributed by atoms with van der Waals surface area (Å²) in [5.41, 5.74) is 2.71. The van der Waals surface area contributed by atoms with Crippen LogP contribution in [0.5, 0.6) is 0 Å². The van der Waals surface area contributed by atoms with Gasteiger partial charge in [0.15, 0.2) is 0 Å². The first-order valence-electron chi connectivity index (χ1n) is 6.31. The summed E-state index contributed by atoms with van der Waals surface area (Å²) in [7, 11) is 4.31. The van der Waals surface area contributed by atoms with Crippen LogP contribution < -0.4 is 9.80 Å². The van der Waals surface area contributed by atoms with Gasteiger partial charge in [0.05, 0.1) is 11.4 Å². The summed E-state index contributed by atoms with van der Waals surface area (Å²) in [6.45, 7) is 11.1. The summed E-state index contributed by atoms with van der Waals surface area (Å²) in [5, 5.41) is 0. The molecule has 0 amide bonds. The van der Waals surface area contributed by atoms with Gasteiger partial charge in [0, 0.05) is 25.7 Å². The van der Waals surface area contributed by atoms with Crippen molar-refractivity contribution >= 4 is 11.4 Å². The van der Waals surface area contributed by atoms with E-state index in [0.717, 1.165) is 0 Å². The van der Waals surface area contributed by atoms with E-state index in [-0.39, 0.29) is 5.54 Å². The minimum absolute atomic E-state index is 0.133. The van der Waals surface area contributed by atoms with Crippen LogP contribution in [0.4, 0.5) is 11.4 Å². The van der Waals surface area contributed by atoms with Gasteiger partial charge in [-0.3, -0.25) is 0 Å². The van der Waals surface area contributed by atoms with Crippen LogP contribution in [0.15, 0.2) is 24.3 Å². The third kappa shape index (κ3) is 3.15. The average molecular weight is 234 g/mol. The topological polar surface area (TPSA) is 6.48 Å². The van der Waals surface area contributed by atoms with Gasteiger partial charge in [-0.15, -0.1) is 0 Å². The zero-order valence-corrected chi connectivity index (χ0v) is 12.3. The molecule has 1 aromatic carbocycles. The molecule has 2 nitrogen and oxygen atoms in total. The van der Waals surface area contributed by atoms with Crippen molar-refractivity contribution in [3.63, 3.8) is 0 Å². The first-order valence-corrected chi connectivity index (χ1v) is 6.31. The lowest BCUT2D eigenvalue weighted by molar-refractivity contribution is 0.538. The molecule has 0 aliphatic heterocycles. The molecule has 0 aliphatic carbocycles. The lowest BCUT2D eigenvalue weighted by Gasteiger charge is -2.38. The van der Waals surface area contributed by atoms with Crippen molar-refractivity contribution in [1.82, 2.24) is 0 Å². The number of benzene rings is 1. The molecule has 0 spiro atoms. The Bertz CT molecular complexity index is 363. The second kappa shape index (κ2) is 4.99. The Kier molecular flexibility index (Phi) is 4.07. The van der Waals surface area contributed by atoms with Crippen molar-refractivity contribution < 1.29 is 0 Å². The minimum atomic E-state index is 0.133. The number of nitrogens with zero attached hydrogens (tertiary/aromatic N) is 2. The highest BCUT2D eigenvalue weighted by atomic mass is 15.2. The molecule has 0 saturated heterocycles. The number of para-hydroxylation sites is 2. The van der Waals surface area contributed by atoms with Crippen molar-refractivity contribution in [2.24, 2.45) is 0 Å². The Labute approximate surface area is 106 Å². The Morgan fingerprint density at radius 1 is 0.941 bits per heavy atom. The van der Waals surface area contributed by atoms with E-state index in [1.54, 1.807) is 0 Å². The summed E-state index contributed by atoms with van der Waals surface area (Å²) < 4.78 is 0. The lowest BCUT2D eigenvalue weighted by Crippen LogP contribution is -2.39. The smallest absolute Gasteiger partial charge is 0.0605 e. The summed E-state index contributed by atoms with van der Waals surface area (Å²) in [6, 6.07) is 9.10. The fourth-order valence-electron chi connectivity index (χ4n) is 1.69. The van der Waals surface area contributed by atoms with Crippen LogP contribution in [-0.4, -0.2) is 25.7 Å². The highest BCUT2D eigenvalue weighted by molar-refractivity contribution is 5.71. The van der Waals surface area contributed by atoms with Crippen molar-refractivity contribution in [3.05, 3.63) is 24.3 Å². The fourth-order valence-corrected chi connectivity index (χ4v) is 1.69. The van der Waals surface area contributed by atoms with Gasteiger partial charge in [-0.05, 0) is 46.8 Å². The van der Waals surface area contributed by atoms with Gasteiger partial charge in [-0.1, -0.05) is 12.1 Å². The molecule has 1 rings (SSSR count). The number of rotatable bonds is 3. The van der Waals surface area contributed by atoms with E-state index in [1.807, 2.05) is 0 Å². The van der Waals surface area contributed by atoms with Gasteiger partial charge >= 0.3 is 0 Å². The zero-order chi connectivity index (χ0) is 13.2. The summed E-state index contributed by atoms with van der Waals surface area (Å²) >= 11 is 0. The first-order chi connectivity index (χ1) is 7.75. The van der Waals surface area contributed by atoms with Crippen LogP contribution >= 0.6 is 0 Å². The highest BCUT2D eigenvalue weighted by Crippen LogP contribution is 2.32. The first kappa shape index (κ1) is 13.9. The summed E-state index contributed by atoms with van der Waals surface area (Å²) in [6.07, 6.45) is 0. The Balaban J connectivity index is 3.17. The van der Waals surface area contributed by atoms with Crippen LogP contribution in [0.3, 0.4) is 0 Å². The second-order valence-corrected chi connectivity index (χ2v) is 5.92. The van der Waals surface area contributed by atoms with Crippen LogP contribution in [-0.2, 0) is 0 Å². The third-order valence-electron chi connectivity index (χ3n) is 3.40. The molecule has 0 unspecified atom stereocenters. The molecule has 0 fully saturated rings. The molecule has 1 aromatic rings. The Hall–Kier alpha value is -1.18. The Morgan fingerprint density at radius 2 is 1.41 bits per heavy atom. The maximum atomic E-state index is 2.33. The van der Waals surface area contributed by atoms with Crippen LogP contribution in [0.1, 0.15) is 34.6 Å². The zero-order valence-electron chi connectivity index (χ0n) is 12.3. The molecule has 0 aliphatic rings. The van der Waals surface area contributed by atoms with E-state index < -0.39 is 0 Å². The third-order valence-corrected chi connectivity index (χ3v) is 3.40. The molecular formula is C15H26N2. The number of anilines is 2. The van der Waals surface area contributed by atoms with Crippen LogP contribution in [0, 0.1) is 0 Å². The standard InChI is InChI=1S/C15H26N2/c1-12(2)16(6)13-10-8-9-11-14(13)17(7)15(3,4)5/h8-12H,1-7H3. The average Bonchev–Trinajstić information content (AvgIpc) is 2.25. The maximum Gasteiger partial charge on any atom is 0.0605 e. The van der Waals surface area contributed by atoms with Crippen molar-refractivity contribution in [2.75, 3.05) is 23.9 Å².